The van der Waals surface area contributed by atoms with Gasteiger partial charge in [0.05, 0.1) is 11.4 Å². The van der Waals surface area contributed by atoms with E-state index >= 15 is 0 Å². The standard InChI is InChI=1S/C44H31NO/c1-4-16-32(17-5-1)33-28-30-36(31-29-33)45(40-25-13-10-22-37(40)34-18-6-2-7-19-34)41-26-14-11-23-38(41)44-43(35-20-8-3-9-21-35)39-24-12-15-27-42(39)46-44/h1-31H. The molecule has 0 atom stereocenters. The zero-order valence-corrected chi connectivity index (χ0v) is 25.3. The van der Waals surface area contributed by atoms with Crippen LogP contribution in [0.1, 0.15) is 0 Å². The maximum absolute atomic E-state index is 6.77. The van der Waals surface area contributed by atoms with Crippen molar-refractivity contribution in [3.05, 3.63) is 188 Å². The summed E-state index contributed by atoms with van der Waals surface area (Å²) < 4.78 is 6.77. The van der Waals surface area contributed by atoms with Crippen LogP contribution < -0.4 is 4.90 Å². The highest BCUT2D eigenvalue weighted by molar-refractivity contribution is 6.04. The molecule has 0 fully saturated rings. The second-order valence-electron chi connectivity index (χ2n) is 11.3. The van der Waals surface area contributed by atoms with Gasteiger partial charge in [-0.15, -0.1) is 0 Å². The number of hydrogen-bond acceptors (Lipinski definition) is 2. The molecule has 0 radical (unpaired) electrons. The second-order valence-corrected chi connectivity index (χ2v) is 11.3. The zero-order chi connectivity index (χ0) is 30.7. The van der Waals surface area contributed by atoms with Gasteiger partial charge < -0.3 is 9.32 Å². The molecule has 0 aliphatic carbocycles. The summed E-state index contributed by atoms with van der Waals surface area (Å²) in [6.45, 7) is 0. The first-order chi connectivity index (χ1) is 22.8. The fourth-order valence-corrected chi connectivity index (χ4v) is 6.36. The van der Waals surface area contributed by atoms with Gasteiger partial charge in [0.25, 0.3) is 0 Å². The lowest BCUT2D eigenvalue weighted by Gasteiger charge is -2.29. The third kappa shape index (κ3) is 5.06. The summed E-state index contributed by atoms with van der Waals surface area (Å²) in [7, 11) is 0. The van der Waals surface area contributed by atoms with E-state index in [4.69, 9.17) is 4.42 Å². The summed E-state index contributed by atoms with van der Waals surface area (Å²) in [5.41, 5.74) is 12.0. The lowest BCUT2D eigenvalue weighted by Crippen LogP contribution is -2.12. The minimum atomic E-state index is 0.853. The molecule has 8 rings (SSSR count). The number of benzene rings is 7. The van der Waals surface area contributed by atoms with Crippen molar-refractivity contribution in [3.8, 4) is 44.7 Å². The Balaban J connectivity index is 1.38. The van der Waals surface area contributed by atoms with Crippen LogP contribution in [0, 0.1) is 0 Å². The Hall–Kier alpha value is -6.12. The minimum Gasteiger partial charge on any atom is -0.455 e. The van der Waals surface area contributed by atoms with E-state index in [1.165, 1.54) is 11.1 Å². The van der Waals surface area contributed by atoms with Crippen molar-refractivity contribution < 1.29 is 4.42 Å². The fraction of sp³-hybridized carbons (Fsp3) is 0. The molecular weight excluding hydrogens is 558 g/mol. The Morgan fingerprint density at radius 3 is 1.50 bits per heavy atom. The Kier molecular flexibility index (Phi) is 7.22. The summed E-state index contributed by atoms with van der Waals surface area (Å²) in [6, 6.07) is 66.1. The second kappa shape index (κ2) is 12.1. The maximum Gasteiger partial charge on any atom is 0.145 e. The highest BCUT2D eigenvalue weighted by Gasteiger charge is 2.25. The van der Waals surface area contributed by atoms with Gasteiger partial charge in [-0.3, -0.25) is 0 Å². The summed E-state index contributed by atoms with van der Waals surface area (Å²) in [5.74, 6) is 0.853. The smallest absolute Gasteiger partial charge is 0.145 e. The molecule has 2 heteroatoms. The molecule has 0 bridgehead atoms. The van der Waals surface area contributed by atoms with E-state index in [9.17, 15) is 0 Å². The molecule has 8 aromatic rings. The summed E-state index contributed by atoms with van der Waals surface area (Å²) in [5, 5.41) is 1.10. The number of anilines is 3. The van der Waals surface area contributed by atoms with Gasteiger partial charge in [-0.25, -0.2) is 0 Å². The van der Waals surface area contributed by atoms with Gasteiger partial charge >= 0.3 is 0 Å². The largest absolute Gasteiger partial charge is 0.455 e. The van der Waals surface area contributed by atoms with Crippen molar-refractivity contribution in [2.45, 2.75) is 0 Å². The first-order valence-electron chi connectivity index (χ1n) is 15.6. The quantitative estimate of drug-likeness (QED) is 0.184. The van der Waals surface area contributed by atoms with Gasteiger partial charge in [-0.05, 0) is 58.7 Å². The van der Waals surface area contributed by atoms with Crippen LogP contribution in [0.15, 0.2) is 192 Å². The number of hydrogen-bond donors (Lipinski definition) is 0. The van der Waals surface area contributed by atoms with Gasteiger partial charge in [0.15, 0.2) is 0 Å². The monoisotopic (exact) mass is 589 g/mol. The van der Waals surface area contributed by atoms with Crippen LogP contribution in [0.2, 0.25) is 0 Å². The third-order valence-corrected chi connectivity index (χ3v) is 8.51. The minimum absolute atomic E-state index is 0.853. The number of rotatable bonds is 7. The molecule has 0 aliphatic rings. The number of para-hydroxylation sites is 3. The zero-order valence-electron chi connectivity index (χ0n) is 25.3. The highest BCUT2D eigenvalue weighted by atomic mass is 16.3. The molecule has 1 aromatic heterocycles. The molecule has 7 aromatic carbocycles. The molecular formula is C44H31NO. The van der Waals surface area contributed by atoms with Crippen molar-refractivity contribution in [1.82, 2.24) is 0 Å². The molecule has 0 spiro atoms. The van der Waals surface area contributed by atoms with E-state index < -0.39 is 0 Å². The van der Waals surface area contributed by atoms with Crippen molar-refractivity contribution in [2.24, 2.45) is 0 Å². The van der Waals surface area contributed by atoms with E-state index in [1.54, 1.807) is 0 Å². The Bertz CT molecular complexity index is 2230. The average molecular weight is 590 g/mol. The summed E-state index contributed by atoms with van der Waals surface area (Å²) in [6.07, 6.45) is 0. The number of furan rings is 1. The summed E-state index contributed by atoms with van der Waals surface area (Å²) >= 11 is 0. The number of nitrogens with zero attached hydrogens (tertiary/aromatic N) is 1. The van der Waals surface area contributed by atoms with Crippen molar-refractivity contribution >= 4 is 28.0 Å². The van der Waals surface area contributed by atoms with Crippen molar-refractivity contribution in [3.63, 3.8) is 0 Å². The lowest BCUT2D eigenvalue weighted by atomic mass is 9.96. The molecule has 0 N–H and O–H groups in total. The third-order valence-electron chi connectivity index (χ3n) is 8.51. The van der Waals surface area contributed by atoms with E-state index in [2.05, 4.69) is 187 Å². The summed E-state index contributed by atoms with van der Waals surface area (Å²) in [4.78, 5) is 2.37. The van der Waals surface area contributed by atoms with E-state index in [-0.39, 0.29) is 0 Å². The SMILES string of the molecule is c1ccc(-c2ccc(N(c3ccccc3-c3ccccc3)c3ccccc3-c3oc4ccccc4c3-c3ccccc3)cc2)cc1. The highest BCUT2D eigenvalue weighted by Crippen LogP contribution is 2.48. The van der Waals surface area contributed by atoms with Crippen LogP contribution in [-0.4, -0.2) is 0 Å². The normalized spacial score (nSPS) is 11.0. The molecule has 0 saturated heterocycles. The van der Waals surface area contributed by atoms with Crippen LogP contribution in [0.5, 0.6) is 0 Å². The predicted octanol–water partition coefficient (Wildman–Crippen LogP) is 12.6. The van der Waals surface area contributed by atoms with E-state index in [0.29, 0.717) is 0 Å². The topological polar surface area (TPSA) is 16.4 Å². The maximum atomic E-state index is 6.77. The molecule has 46 heavy (non-hydrogen) atoms. The fourth-order valence-electron chi connectivity index (χ4n) is 6.36. The van der Waals surface area contributed by atoms with Gasteiger partial charge in [0.2, 0.25) is 0 Å². The molecule has 1 heterocycles. The average Bonchev–Trinajstić information content (AvgIpc) is 3.53. The van der Waals surface area contributed by atoms with Gasteiger partial charge in [-0.2, -0.15) is 0 Å². The number of fused-ring (bicyclic) bond motifs is 1. The molecule has 218 valence electrons. The molecule has 0 unspecified atom stereocenters. The van der Waals surface area contributed by atoms with Crippen LogP contribution >= 0.6 is 0 Å². The van der Waals surface area contributed by atoms with Crippen LogP contribution in [0.3, 0.4) is 0 Å². The van der Waals surface area contributed by atoms with Crippen LogP contribution in [0.25, 0.3) is 55.7 Å². The Morgan fingerprint density at radius 2 is 0.826 bits per heavy atom. The van der Waals surface area contributed by atoms with Gasteiger partial charge in [-0.1, -0.05) is 152 Å². The van der Waals surface area contributed by atoms with Crippen LogP contribution in [-0.2, 0) is 0 Å². The van der Waals surface area contributed by atoms with E-state index in [1.807, 2.05) is 6.07 Å². The van der Waals surface area contributed by atoms with E-state index in [0.717, 1.165) is 61.6 Å². The van der Waals surface area contributed by atoms with Crippen molar-refractivity contribution in [2.75, 3.05) is 4.90 Å². The first kappa shape index (κ1) is 27.4. The Morgan fingerprint density at radius 1 is 0.348 bits per heavy atom. The van der Waals surface area contributed by atoms with Crippen molar-refractivity contribution in [1.29, 1.82) is 0 Å². The predicted molar refractivity (Wildman–Crippen MR) is 193 cm³/mol. The lowest BCUT2D eigenvalue weighted by molar-refractivity contribution is 0.632. The molecule has 0 aliphatic heterocycles. The first-order valence-corrected chi connectivity index (χ1v) is 15.6. The molecule has 0 saturated carbocycles. The van der Waals surface area contributed by atoms with Gasteiger partial charge in [0, 0.05) is 27.8 Å². The molecule has 2 nitrogen and oxygen atoms in total. The van der Waals surface area contributed by atoms with Gasteiger partial charge in [0.1, 0.15) is 11.3 Å². The molecule has 0 amide bonds. The van der Waals surface area contributed by atoms with Crippen LogP contribution in [0.4, 0.5) is 17.1 Å². The Labute approximate surface area is 269 Å².